The van der Waals surface area contributed by atoms with E-state index in [1.807, 2.05) is 98.0 Å². The van der Waals surface area contributed by atoms with Gasteiger partial charge in [0.25, 0.3) is 0 Å². The standard InChI is InChI=1S/C21H29FN2O2S.C17H24BrFO2S.C15H14FN3S2.C14H13FN4O2S2.C10H17BN2O2.C6H3Br2F.C5H6BrNS.CH4/c1-4-6-7-16(5-2)15-26-21(25)8-9-27-20-11-17(10-19(22)12-20)18-13-23-24(3)14-18;1-3-5-6-13(4-2)12-21-17(20)7-8-22-16-10-14(18)9-15(19)11-16;1-3-14-17-8-15(21-14)20-13-5-10(4-12(16)6-13)11-7-18-19(2)9-11;1-19-8-10(6-18-19)9-2-11(15)4-12(3-9)23(20,21)14-7-17-13(5-16)22-14;1-9(2)10(3,4)15-11(14-9)8-6-12-13(5)7-8;7-4-1-5(8)3-6(9)2-4;1-2-5-7-3-4(6)8-5;/h10-14,16H,4-9,15H2,1-3H3;9-11,13H,3-8,12H2,1-2H3;4-9H,3H2,1-2H3;2-4,6-8H,5,16H2,1H3;6-7H,1-5H3;1-3H;3H,2H2,1H3;1H4. The highest BCUT2D eigenvalue weighted by Gasteiger charge is 2.52. The first kappa shape index (κ1) is 108. The molecule has 2 unspecified atom stereocenters. The van der Waals surface area contributed by atoms with Gasteiger partial charge in [0, 0.05) is 127 Å². The van der Waals surface area contributed by atoms with E-state index >= 15 is 0 Å². The Kier molecular flexibility index (Phi) is 46.5. The van der Waals surface area contributed by atoms with Gasteiger partial charge in [0.15, 0.2) is 0 Å². The fraction of sp³-hybridized carbons (Fsp3) is 0.404. The van der Waals surface area contributed by atoms with E-state index in [4.69, 9.17) is 24.5 Å². The first-order chi connectivity index (χ1) is 59.4. The highest BCUT2D eigenvalue weighted by molar-refractivity contribution is 9.11. The van der Waals surface area contributed by atoms with Crippen molar-refractivity contribution in [2.75, 3.05) is 24.7 Å². The number of carbonyl (C=O) groups is 2. The van der Waals surface area contributed by atoms with E-state index in [0.29, 0.717) is 70.0 Å². The lowest BCUT2D eigenvalue weighted by Gasteiger charge is -2.32. The van der Waals surface area contributed by atoms with Crippen molar-refractivity contribution in [3.05, 3.63) is 220 Å². The zero-order valence-electron chi connectivity index (χ0n) is 72.3. The Bertz CT molecular complexity index is 5390. The molecule has 7 aromatic heterocycles. The van der Waals surface area contributed by atoms with Crippen LogP contribution in [-0.4, -0.2) is 117 Å². The molecule has 12 aromatic rings. The molecule has 1 aliphatic rings. The number of halogens is 9. The largest absolute Gasteiger partial charge is 0.498 e. The zero-order chi connectivity index (χ0) is 91.6. The first-order valence-corrected chi connectivity index (χ1v) is 50.3. The minimum absolute atomic E-state index is 0. The van der Waals surface area contributed by atoms with Crippen LogP contribution in [0.2, 0.25) is 0 Å². The van der Waals surface area contributed by atoms with Crippen molar-refractivity contribution >= 4 is 167 Å². The molecule has 0 amide bonds. The number of unbranched alkanes of at least 4 members (excludes halogenated alkanes) is 2. The van der Waals surface area contributed by atoms with Crippen molar-refractivity contribution < 1.29 is 58.7 Å². The van der Waals surface area contributed by atoms with E-state index in [2.05, 4.69) is 141 Å². The summed E-state index contributed by atoms with van der Waals surface area (Å²) in [7, 11) is 3.15. The molecule has 0 aliphatic carbocycles. The second-order valence-corrected chi connectivity index (χ2v) is 42.9. The fourth-order valence-corrected chi connectivity index (χ4v) is 20.9. The van der Waals surface area contributed by atoms with Gasteiger partial charge in [-0.15, -0.1) is 57.5 Å². The molecule has 0 radical (unpaired) electrons. The maximum atomic E-state index is 13.9. The van der Waals surface area contributed by atoms with Crippen molar-refractivity contribution in [3.8, 4) is 33.4 Å². The molecule has 126 heavy (non-hydrogen) atoms. The van der Waals surface area contributed by atoms with Crippen LogP contribution < -0.4 is 11.2 Å². The van der Waals surface area contributed by atoms with Gasteiger partial charge in [0.2, 0.25) is 9.84 Å². The van der Waals surface area contributed by atoms with Gasteiger partial charge in [-0.05, 0) is 189 Å². The number of hydrogen-bond donors (Lipinski definition) is 1. The third kappa shape index (κ3) is 36.9. The molecule has 1 saturated heterocycles. The fourth-order valence-electron chi connectivity index (χ4n) is 11.4. The highest BCUT2D eigenvalue weighted by atomic mass is 79.9. The average molecular weight is 2130 g/mol. The molecule has 0 spiro atoms. The monoisotopic (exact) mass is 2120 g/mol. The van der Waals surface area contributed by atoms with E-state index in [-0.39, 0.29) is 76.6 Å². The minimum atomic E-state index is -3.84. The van der Waals surface area contributed by atoms with Gasteiger partial charge in [-0.1, -0.05) is 147 Å². The van der Waals surface area contributed by atoms with Gasteiger partial charge < -0.3 is 24.5 Å². The molecule has 20 nitrogen and oxygen atoms in total. The number of nitrogens with two attached hydrogens (primary N) is 1. The number of ether oxygens (including phenoxy) is 2. The molecule has 1 aliphatic heterocycles. The predicted octanol–water partition coefficient (Wildman–Crippen LogP) is 24.8. The molecule has 1 fully saturated rings. The van der Waals surface area contributed by atoms with E-state index in [1.54, 1.807) is 103 Å². The Morgan fingerprint density at radius 2 is 0.913 bits per heavy atom. The molecular formula is C89H110BBr4F5N12O8S7. The maximum Gasteiger partial charge on any atom is 0.498 e. The van der Waals surface area contributed by atoms with Crippen LogP contribution in [-0.2, 0) is 85.8 Å². The lowest BCUT2D eigenvalue weighted by Crippen LogP contribution is -2.41. The van der Waals surface area contributed by atoms with Crippen molar-refractivity contribution in [2.24, 2.45) is 45.8 Å². The van der Waals surface area contributed by atoms with Gasteiger partial charge in [0.05, 0.1) is 97.3 Å². The van der Waals surface area contributed by atoms with Gasteiger partial charge in [-0.2, -0.15) is 20.4 Å². The molecule has 5 aromatic carbocycles. The molecular weight excluding hydrogens is 2010 g/mol. The number of carbonyl (C=O) groups excluding carboxylic acids is 2. The number of esters is 2. The minimum Gasteiger partial charge on any atom is -0.465 e. The van der Waals surface area contributed by atoms with Crippen LogP contribution >= 0.6 is 133 Å². The number of benzene rings is 5. The Labute approximate surface area is 796 Å². The highest BCUT2D eigenvalue weighted by Crippen LogP contribution is 2.39. The quantitative estimate of drug-likeness (QED) is 0.0184. The summed E-state index contributed by atoms with van der Waals surface area (Å²) < 4.78 is 126. The summed E-state index contributed by atoms with van der Waals surface area (Å²) in [5, 5.41) is 19.2. The summed E-state index contributed by atoms with van der Waals surface area (Å²) in [5.74, 6) is 0.0657. The summed E-state index contributed by atoms with van der Waals surface area (Å²) in [6.07, 6.45) is 30.7. The molecule has 0 saturated carbocycles. The van der Waals surface area contributed by atoms with Gasteiger partial charge in [0.1, 0.15) is 38.3 Å². The summed E-state index contributed by atoms with van der Waals surface area (Å²) >= 11 is 21.7. The van der Waals surface area contributed by atoms with Crippen molar-refractivity contribution in [3.63, 3.8) is 0 Å². The number of sulfone groups is 1. The van der Waals surface area contributed by atoms with Gasteiger partial charge in [-0.3, -0.25) is 28.3 Å². The lowest BCUT2D eigenvalue weighted by atomic mass is 9.82. The first-order valence-electron chi connectivity index (χ1n) is 40.4. The normalized spacial score (nSPS) is 12.8. The molecule has 37 heteroatoms. The second kappa shape index (κ2) is 54.2. The molecule has 0 bridgehead atoms. The van der Waals surface area contributed by atoms with Crippen LogP contribution in [0.15, 0.2) is 204 Å². The number of hydrogen-bond acceptors (Lipinski definition) is 22. The van der Waals surface area contributed by atoms with Crippen molar-refractivity contribution in [1.29, 1.82) is 0 Å². The zero-order valence-corrected chi connectivity index (χ0v) is 84.3. The Balaban J connectivity index is 0.000000233. The number of thiazole rings is 3. The molecule has 13 rings (SSSR count). The smallest absolute Gasteiger partial charge is 0.465 e. The van der Waals surface area contributed by atoms with Crippen LogP contribution in [0.1, 0.15) is 156 Å². The van der Waals surface area contributed by atoms with Crippen LogP contribution in [0, 0.1) is 40.9 Å². The number of nitrogens with zero attached hydrogens (tertiary/aromatic N) is 11. The number of aromatic nitrogens is 11. The van der Waals surface area contributed by atoms with Crippen molar-refractivity contribution in [1.82, 2.24) is 54.1 Å². The van der Waals surface area contributed by atoms with Crippen LogP contribution in [0.4, 0.5) is 22.0 Å². The van der Waals surface area contributed by atoms with Crippen LogP contribution in [0.5, 0.6) is 0 Å². The third-order valence-corrected chi connectivity index (χ3v) is 29.4. The van der Waals surface area contributed by atoms with Crippen LogP contribution in [0.25, 0.3) is 33.4 Å². The van der Waals surface area contributed by atoms with E-state index < -0.39 is 15.7 Å². The second-order valence-electron chi connectivity index (χ2n) is 29.6. The molecule has 2 atom stereocenters. The topological polar surface area (TPSA) is 241 Å². The Morgan fingerprint density at radius 3 is 1.31 bits per heavy atom. The Hall–Kier alpha value is -6.72. The number of rotatable bonds is 31. The molecule has 682 valence electrons. The molecule has 8 heterocycles. The van der Waals surface area contributed by atoms with Gasteiger partial charge in [-0.25, -0.2) is 45.3 Å². The van der Waals surface area contributed by atoms with Crippen LogP contribution in [0.3, 0.4) is 0 Å². The summed E-state index contributed by atoms with van der Waals surface area (Å²) in [6.45, 7) is 22.1. The average Bonchev–Trinajstić information content (AvgIpc) is 1.59. The van der Waals surface area contributed by atoms with E-state index in [1.165, 1.54) is 109 Å². The SMILES string of the molecule is C.CCCCC(CC)COC(=O)CCSc1cc(F)cc(-c2cnn(C)c2)c1.CCCCC(CC)COC(=O)CCSc1cc(F)cc(Br)c1.CCc1ncc(Br)s1.CCc1ncc(Sc2cc(F)cc(-c3cnn(C)c3)c2)s1.Cn1cc(-c2cc(F)cc(S(=O)(=O)c3cnc(CN)s3)c2)cn1.Cn1cc(B2OC(C)(C)C(C)(C)O2)cn1.Fc1cc(Br)cc(Br)c1. The molecule has 2 N–H and O–H groups in total. The summed E-state index contributed by atoms with van der Waals surface area (Å²) in [6, 6.07) is 23.0. The summed E-state index contributed by atoms with van der Waals surface area (Å²) in [5.41, 5.74) is 10.3. The maximum absolute atomic E-state index is 13.9. The lowest BCUT2D eigenvalue weighted by molar-refractivity contribution is -0.145. The van der Waals surface area contributed by atoms with Crippen molar-refractivity contribution in [2.45, 2.75) is 199 Å². The number of aryl methyl sites for hydroxylation is 6. The van der Waals surface area contributed by atoms with E-state index in [9.17, 15) is 40.0 Å². The Morgan fingerprint density at radius 1 is 0.500 bits per heavy atom. The third-order valence-electron chi connectivity index (χ3n) is 19.0. The predicted molar refractivity (Wildman–Crippen MR) is 517 cm³/mol. The number of thioether (sulfide) groups is 2. The summed E-state index contributed by atoms with van der Waals surface area (Å²) in [4.78, 5) is 38.5. The van der Waals surface area contributed by atoms with E-state index in [0.717, 1.165) is 127 Å². The van der Waals surface area contributed by atoms with Gasteiger partial charge >= 0.3 is 19.1 Å².